The third kappa shape index (κ3) is 2.38. The first kappa shape index (κ1) is 13.6. The van der Waals surface area contributed by atoms with Crippen molar-refractivity contribution >= 4 is 22.5 Å². The molecule has 1 N–H and O–H groups in total. The van der Waals surface area contributed by atoms with Crippen LogP contribution in [0.5, 0.6) is 0 Å². The van der Waals surface area contributed by atoms with E-state index in [1.807, 2.05) is 35.6 Å². The van der Waals surface area contributed by atoms with Gasteiger partial charge in [-0.2, -0.15) is 0 Å². The van der Waals surface area contributed by atoms with Crippen molar-refractivity contribution in [3.8, 4) is 0 Å². The number of aryl methyl sites for hydroxylation is 1. The van der Waals surface area contributed by atoms with E-state index >= 15 is 0 Å². The van der Waals surface area contributed by atoms with E-state index in [1.165, 1.54) is 12.1 Å². The molecule has 0 radical (unpaired) electrons. The molecule has 0 bridgehead atoms. The quantitative estimate of drug-likeness (QED) is 0.631. The van der Waals surface area contributed by atoms with Gasteiger partial charge in [-0.25, -0.2) is 9.37 Å². The van der Waals surface area contributed by atoms with Gasteiger partial charge in [0.2, 0.25) is 5.65 Å². The fourth-order valence-corrected chi connectivity index (χ4v) is 2.63. The summed E-state index contributed by atoms with van der Waals surface area (Å²) >= 11 is 0. The van der Waals surface area contributed by atoms with Crippen molar-refractivity contribution in [2.45, 2.75) is 13.5 Å². The molecule has 0 spiro atoms. The maximum atomic E-state index is 13.0. The van der Waals surface area contributed by atoms with Crippen LogP contribution in [0.15, 0.2) is 48.5 Å². The van der Waals surface area contributed by atoms with E-state index in [-0.39, 0.29) is 5.82 Å². The summed E-state index contributed by atoms with van der Waals surface area (Å²) in [5.41, 5.74) is 3.49. The standard InChI is InChI=1S/C17H14FN5/c1-11-21-22-17-16(19-10-12-6-8-13(18)9-7-12)20-14-4-2-3-5-15(14)23(11)17/h2-9H,10H2,1H3,(H,19,20). The number of benzene rings is 2. The third-order valence-electron chi connectivity index (χ3n) is 3.76. The first-order valence-electron chi connectivity index (χ1n) is 7.31. The van der Waals surface area contributed by atoms with Crippen LogP contribution in [0.4, 0.5) is 10.2 Å². The van der Waals surface area contributed by atoms with Gasteiger partial charge in [0.15, 0.2) is 5.82 Å². The van der Waals surface area contributed by atoms with Crippen molar-refractivity contribution in [3.63, 3.8) is 0 Å². The van der Waals surface area contributed by atoms with Crippen LogP contribution in [0.1, 0.15) is 11.4 Å². The Hall–Kier alpha value is -3.02. The third-order valence-corrected chi connectivity index (χ3v) is 3.76. The Bertz CT molecular complexity index is 991. The van der Waals surface area contributed by atoms with Crippen molar-refractivity contribution in [2.24, 2.45) is 0 Å². The normalized spacial score (nSPS) is 11.2. The Morgan fingerprint density at radius 2 is 1.83 bits per heavy atom. The molecule has 5 nitrogen and oxygen atoms in total. The van der Waals surface area contributed by atoms with Crippen molar-refractivity contribution in [3.05, 3.63) is 65.7 Å². The summed E-state index contributed by atoms with van der Waals surface area (Å²) in [4.78, 5) is 4.64. The second-order valence-corrected chi connectivity index (χ2v) is 5.34. The summed E-state index contributed by atoms with van der Waals surface area (Å²) in [6, 6.07) is 14.3. The number of nitrogens with one attached hydrogen (secondary N) is 1. The van der Waals surface area contributed by atoms with Gasteiger partial charge in [0.05, 0.1) is 11.0 Å². The highest BCUT2D eigenvalue weighted by Crippen LogP contribution is 2.21. The van der Waals surface area contributed by atoms with Crippen molar-refractivity contribution in [1.82, 2.24) is 19.6 Å². The van der Waals surface area contributed by atoms with Gasteiger partial charge in [-0.05, 0) is 36.8 Å². The number of hydrogen-bond acceptors (Lipinski definition) is 4. The van der Waals surface area contributed by atoms with Crippen LogP contribution in [0, 0.1) is 12.7 Å². The van der Waals surface area contributed by atoms with Gasteiger partial charge >= 0.3 is 0 Å². The molecule has 0 saturated carbocycles. The van der Waals surface area contributed by atoms with Gasteiger partial charge in [0.25, 0.3) is 0 Å². The van der Waals surface area contributed by atoms with E-state index in [0.29, 0.717) is 18.0 Å². The molecule has 0 aliphatic rings. The number of aromatic nitrogens is 4. The zero-order valence-corrected chi connectivity index (χ0v) is 12.5. The summed E-state index contributed by atoms with van der Waals surface area (Å²) < 4.78 is 15.0. The minimum absolute atomic E-state index is 0.243. The zero-order chi connectivity index (χ0) is 15.8. The molecular weight excluding hydrogens is 293 g/mol. The molecule has 0 aliphatic heterocycles. The Morgan fingerprint density at radius 3 is 2.65 bits per heavy atom. The highest BCUT2D eigenvalue weighted by atomic mass is 19.1. The Kier molecular flexibility index (Phi) is 3.15. The summed E-state index contributed by atoms with van der Waals surface area (Å²) in [6.45, 7) is 2.45. The van der Waals surface area contributed by atoms with Gasteiger partial charge in [0, 0.05) is 6.54 Å². The number of anilines is 1. The SMILES string of the molecule is Cc1nnc2c(NCc3ccc(F)cc3)nc3ccccc3n12. The predicted octanol–water partition coefficient (Wildman–Crippen LogP) is 3.34. The molecule has 0 atom stereocenters. The van der Waals surface area contributed by atoms with Gasteiger partial charge < -0.3 is 5.32 Å². The molecule has 23 heavy (non-hydrogen) atoms. The number of para-hydroxylation sites is 2. The van der Waals surface area contributed by atoms with Gasteiger partial charge in [0.1, 0.15) is 11.6 Å². The van der Waals surface area contributed by atoms with E-state index in [1.54, 1.807) is 12.1 Å². The van der Waals surface area contributed by atoms with E-state index in [2.05, 4.69) is 20.5 Å². The van der Waals surface area contributed by atoms with Crippen molar-refractivity contribution in [1.29, 1.82) is 0 Å². The summed E-state index contributed by atoms with van der Waals surface area (Å²) in [5.74, 6) is 1.23. The lowest BCUT2D eigenvalue weighted by molar-refractivity contribution is 0.627. The number of fused-ring (bicyclic) bond motifs is 3. The predicted molar refractivity (Wildman–Crippen MR) is 86.8 cm³/mol. The van der Waals surface area contributed by atoms with Gasteiger partial charge in [-0.15, -0.1) is 10.2 Å². The fourth-order valence-electron chi connectivity index (χ4n) is 2.63. The smallest absolute Gasteiger partial charge is 0.204 e. The average Bonchev–Trinajstić information content (AvgIpc) is 2.97. The number of rotatable bonds is 3. The molecule has 2 aromatic carbocycles. The van der Waals surface area contributed by atoms with Crippen LogP contribution >= 0.6 is 0 Å². The second kappa shape index (κ2) is 5.31. The maximum absolute atomic E-state index is 13.0. The molecule has 4 rings (SSSR count). The van der Waals surface area contributed by atoms with Crippen LogP contribution in [0.3, 0.4) is 0 Å². The molecular formula is C17H14FN5. The molecule has 4 aromatic rings. The molecule has 6 heteroatoms. The highest BCUT2D eigenvalue weighted by Gasteiger charge is 2.12. The van der Waals surface area contributed by atoms with Crippen LogP contribution in [0.2, 0.25) is 0 Å². The van der Waals surface area contributed by atoms with Gasteiger partial charge in [-0.3, -0.25) is 4.40 Å². The molecule has 0 saturated heterocycles. The molecule has 0 unspecified atom stereocenters. The molecule has 114 valence electrons. The molecule has 0 fully saturated rings. The van der Waals surface area contributed by atoms with Gasteiger partial charge in [-0.1, -0.05) is 24.3 Å². The Labute approximate surface area is 131 Å². The molecule has 0 aliphatic carbocycles. The first-order valence-corrected chi connectivity index (χ1v) is 7.31. The molecule has 0 amide bonds. The van der Waals surface area contributed by atoms with Crippen LogP contribution < -0.4 is 5.32 Å². The van der Waals surface area contributed by atoms with E-state index in [0.717, 1.165) is 22.4 Å². The lowest BCUT2D eigenvalue weighted by Crippen LogP contribution is -2.05. The van der Waals surface area contributed by atoms with Crippen LogP contribution in [-0.4, -0.2) is 19.6 Å². The van der Waals surface area contributed by atoms with Crippen LogP contribution in [-0.2, 0) is 6.54 Å². The Balaban J connectivity index is 1.77. The van der Waals surface area contributed by atoms with Crippen LogP contribution in [0.25, 0.3) is 16.7 Å². The number of nitrogens with zero attached hydrogens (tertiary/aromatic N) is 4. The number of halogens is 1. The monoisotopic (exact) mass is 307 g/mol. The summed E-state index contributed by atoms with van der Waals surface area (Å²) in [5, 5.41) is 11.7. The largest absolute Gasteiger partial charge is 0.363 e. The fraction of sp³-hybridized carbons (Fsp3) is 0.118. The van der Waals surface area contributed by atoms with E-state index in [4.69, 9.17) is 0 Å². The van der Waals surface area contributed by atoms with E-state index < -0.39 is 0 Å². The summed E-state index contributed by atoms with van der Waals surface area (Å²) in [7, 11) is 0. The lowest BCUT2D eigenvalue weighted by Gasteiger charge is -2.09. The summed E-state index contributed by atoms with van der Waals surface area (Å²) in [6.07, 6.45) is 0. The minimum atomic E-state index is -0.243. The molecule has 2 heterocycles. The Morgan fingerprint density at radius 1 is 1.04 bits per heavy atom. The zero-order valence-electron chi connectivity index (χ0n) is 12.5. The maximum Gasteiger partial charge on any atom is 0.204 e. The van der Waals surface area contributed by atoms with Crippen molar-refractivity contribution in [2.75, 3.05) is 5.32 Å². The second-order valence-electron chi connectivity index (χ2n) is 5.34. The lowest BCUT2D eigenvalue weighted by atomic mass is 10.2. The topological polar surface area (TPSA) is 55.1 Å². The van der Waals surface area contributed by atoms with E-state index in [9.17, 15) is 4.39 Å². The highest BCUT2D eigenvalue weighted by molar-refractivity contribution is 5.82. The molecule has 2 aromatic heterocycles. The minimum Gasteiger partial charge on any atom is -0.363 e. The van der Waals surface area contributed by atoms with Crippen molar-refractivity contribution < 1.29 is 4.39 Å². The average molecular weight is 307 g/mol. The first-order chi connectivity index (χ1) is 11.2. The number of hydrogen-bond donors (Lipinski definition) is 1.